The van der Waals surface area contributed by atoms with Crippen molar-refractivity contribution in [2.75, 3.05) is 0 Å². The number of nitrogens with two attached hydrogens (primary N) is 1. The minimum Gasteiger partial charge on any atom is -0.339 e. The highest BCUT2D eigenvalue weighted by Crippen LogP contribution is 2.44. The minimum atomic E-state index is -0.350. The van der Waals surface area contributed by atoms with Crippen molar-refractivity contribution < 1.29 is 4.52 Å². The summed E-state index contributed by atoms with van der Waals surface area (Å²) >= 11 is 0. The normalized spacial score (nSPS) is 20.8. The number of nitrogens with zero attached hydrogens (tertiary/aromatic N) is 2. The highest BCUT2D eigenvalue weighted by molar-refractivity contribution is 5.10. The summed E-state index contributed by atoms with van der Waals surface area (Å²) < 4.78 is 5.10. The Balaban J connectivity index is 2.26. The summed E-state index contributed by atoms with van der Waals surface area (Å²) in [6, 6.07) is 0. The van der Waals surface area contributed by atoms with E-state index in [1.807, 2.05) is 6.92 Å². The van der Waals surface area contributed by atoms with Crippen LogP contribution >= 0.6 is 0 Å². The first kappa shape index (κ1) is 9.65. The van der Waals surface area contributed by atoms with Gasteiger partial charge < -0.3 is 10.3 Å². The summed E-state index contributed by atoms with van der Waals surface area (Å²) in [4.78, 5) is 4.33. The molecule has 2 N–H and O–H groups in total. The van der Waals surface area contributed by atoms with Crippen LogP contribution in [0.1, 0.15) is 44.8 Å². The zero-order valence-corrected chi connectivity index (χ0v) is 8.79. The van der Waals surface area contributed by atoms with Crippen LogP contribution in [-0.4, -0.2) is 10.1 Å². The molecule has 0 saturated heterocycles. The van der Waals surface area contributed by atoms with E-state index in [9.17, 15) is 0 Å². The van der Waals surface area contributed by atoms with E-state index >= 15 is 0 Å². The first-order chi connectivity index (χ1) is 6.70. The standard InChI is InChI=1S/C10H17N3O/c1-3-8-12-9(13-14-8)10(11,4-2)7-5-6-7/h7H,3-6,11H2,1-2H3. The zero-order valence-electron chi connectivity index (χ0n) is 8.79. The Morgan fingerprint density at radius 3 is 2.64 bits per heavy atom. The predicted molar refractivity (Wildman–Crippen MR) is 52.6 cm³/mol. The average Bonchev–Trinajstić information content (AvgIpc) is 2.95. The summed E-state index contributed by atoms with van der Waals surface area (Å²) in [6.07, 6.45) is 4.04. The zero-order chi connectivity index (χ0) is 10.2. The van der Waals surface area contributed by atoms with Gasteiger partial charge in [-0.1, -0.05) is 19.0 Å². The molecular formula is C10H17N3O. The minimum absolute atomic E-state index is 0.350. The van der Waals surface area contributed by atoms with Gasteiger partial charge in [0.1, 0.15) is 0 Å². The third kappa shape index (κ3) is 1.43. The van der Waals surface area contributed by atoms with Crippen molar-refractivity contribution in [3.63, 3.8) is 0 Å². The fourth-order valence-corrected chi connectivity index (χ4v) is 1.82. The molecule has 1 aromatic rings. The van der Waals surface area contributed by atoms with E-state index in [-0.39, 0.29) is 5.54 Å². The predicted octanol–water partition coefficient (Wildman–Crippen LogP) is 1.61. The lowest BCUT2D eigenvalue weighted by atomic mass is 9.91. The maximum atomic E-state index is 6.31. The van der Waals surface area contributed by atoms with Crippen molar-refractivity contribution >= 4 is 0 Å². The molecule has 0 bridgehead atoms. The van der Waals surface area contributed by atoms with Crippen LogP contribution < -0.4 is 5.73 Å². The smallest absolute Gasteiger partial charge is 0.226 e. The van der Waals surface area contributed by atoms with E-state index in [4.69, 9.17) is 10.3 Å². The van der Waals surface area contributed by atoms with Crippen molar-refractivity contribution in [2.24, 2.45) is 11.7 Å². The first-order valence-corrected chi connectivity index (χ1v) is 5.32. The first-order valence-electron chi connectivity index (χ1n) is 5.32. The van der Waals surface area contributed by atoms with Gasteiger partial charge in [0.2, 0.25) is 5.89 Å². The second-order valence-electron chi connectivity index (χ2n) is 4.03. The molecule has 1 aliphatic carbocycles. The molecule has 78 valence electrons. The summed E-state index contributed by atoms with van der Waals surface area (Å²) in [5, 5.41) is 3.98. The van der Waals surface area contributed by atoms with Gasteiger partial charge in [-0.05, 0) is 25.2 Å². The van der Waals surface area contributed by atoms with Crippen LogP contribution in [0.3, 0.4) is 0 Å². The summed E-state index contributed by atoms with van der Waals surface area (Å²) in [7, 11) is 0. The third-order valence-electron chi connectivity index (χ3n) is 3.08. The van der Waals surface area contributed by atoms with E-state index in [2.05, 4.69) is 17.1 Å². The Morgan fingerprint density at radius 2 is 2.21 bits per heavy atom. The van der Waals surface area contributed by atoms with Crippen LogP contribution in [0.4, 0.5) is 0 Å². The average molecular weight is 195 g/mol. The largest absolute Gasteiger partial charge is 0.339 e. The molecule has 1 fully saturated rings. The van der Waals surface area contributed by atoms with Gasteiger partial charge in [-0.2, -0.15) is 4.98 Å². The molecular weight excluding hydrogens is 178 g/mol. The van der Waals surface area contributed by atoms with Gasteiger partial charge in [0.05, 0.1) is 5.54 Å². The number of rotatable bonds is 4. The second-order valence-corrected chi connectivity index (χ2v) is 4.03. The van der Waals surface area contributed by atoms with Gasteiger partial charge in [0.15, 0.2) is 5.82 Å². The highest BCUT2D eigenvalue weighted by atomic mass is 16.5. The topological polar surface area (TPSA) is 64.9 Å². The number of aryl methyl sites for hydroxylation is 1. The van der Waals surface area contributed by atoms with E-state index in [1.165, 1.54) is 12.8 Å². The fraction of sp³-hybridized carbons (Fsp3) is 0.800. The van der Waals surface area contributed by atoms with Gasteiger partial charge in [0.25, 0.3) is 0 Å². The van der Waals surface area contributed by atoms with Gasteiger partial charge in [0, 0.05) is 6.42 Å². The van der Waals surface area contributed by atoms with Crippen molar-refractivity contribution in [1.82, 2.24) is 10.1 Å². The van der Waals surface area contributed by atoms with Crippen molar-refractivity contribution in [1.29, 1.82) is 0 Å². The summed E-state index contributed by atoms with van der Waals surface area (Å²) in [6.45, 7) is 4.08. The van der Waals surface area contributed by atoms with E-state index in [1.54, 1.807) is 0 Å². The van der Waals surface area contributed by atoms with Crippen LogP contribution in [0, 0.1) is 5.92 Å². The Labute approximate surface area is 83.9 Å². The Bertz CT molecular complexity index is 319. The van der Waals surface area contributed by atoms with Gasteiger partial charge in [-0.25, -0.2) is 0 Å². The van der Waals surface area contributed by atoms with Crippen LogP contribution in [-0.2, 0) is 12.0 Å². The fourth-order valence-electron chi connectivity index (χ4n) is 1.82. The van der Waals surface area contributed by atoms with Crippen LogP contribution in [0.2, 0.25) is 0 Å². The molecule has 1 aromatic heterocycles. The van der Waals surface area contributed by atoms with E-state index in [0.29, 0.717) is 17.6 Å². The number of hydrogen-bond donors (Lipinski definition) is 1. The lowest BCUT2D eigenvalue weighted by Crippen LogP contribution is -2.39. The molecule has 0 amide bonds. The van der Waals surface area contributed by atoms with Gasteiger partial charge in [-0.15, -0.1) is 0 Å². The monoisotopic (exact) mass is 195 g/mol. The molecule has 1 unspecified atom stereocenters. The lowest BCUT2D eigenvalue weighted by molar-refractivity contribution is 0.316. The molecule has 1 atom stereocenters. The lowest BCUT2D eigenvalue weighted by Gasteiger charge is -2.23. The van der Waals surface area contributed by atoms with Crippen LogP contribution in [0.5, 0.6) is 0 Å². The van der Waals surface area contributed by atoms with Crippen molar-refractivity contribution in [2.45, 2.75) is 45.1 Å². The van der Waals surface area contributed by atoms with E-state index in [0.717, 1.165) is 12.8 Å². The highest BCUT2D eigenvalue weighted by Gasteiger charge is 2.45. The summed E-state index contributed by atoms with van der Waals surface area (Å²) in [5.41, 5.74) is 5.96. The SMILES string of the molecule is CCc1nc(C(N)(CC)C2CC2)no1. The third-order valence-corrected chi connectivity index (χ3v) is 3.08. The molecule has 14 heavy (non-hydrogen) atoms. The molecule has 0 spiro atoms. The Kier molecular flexibility index (Phi) is 2.31. The maximum Gasteiger partial charge on any atom is 0.226 e. The van der Waals surface area contributed by atoms with Crippen molar-refractivity contribution in [3.05, 3.63) is 11.7 Å². The molecule has 4 heteroatoms. The molecule has 0 aromatic carbocycles. The molecule has 1 aliphatic rings. The number of hydrogen-bond acceptors (Lipinski definition) is 4. The van der Waals surface area contributed by atoms with Gasteiger partial charge in [-0.3, -0.25) is 0 Å². The quantitative estimate of drug-likeness (QED) is 0.792. The molecule has 0 aliphatic heterocycles. The Hall–Kier alpha value is -0.900. The molecule has 4 nitrogen and oxygen atoms in total. The summed E-state index contributed by atoms with van der Waals surface area (Å²) in [5.74, 6) is 1.93. The maximum absolute atomic E-state index is 6.31. The molecule has 2 rings (SSSR count). The molecule has 1 heterocycles. The second kappa shape index (κ2) is 3.35. The van der Waals surface area contributed by atoms with Gasteiger partial charge >= 0.3 is 0 Å². The number of aromatic nitrogens is 2. The van der Waals surface area contributed by atoms with E-state index < -0.39 is 0 Å². The molecule has 0 radical (unpaired) electrons. The Morgan fingerprint density at radius 1 is 1.50 bits per heavy atom. The van der Waals surface area contributed by atoms with Crippen LogP contribution in [0.15, 0.2) is 4.52 Å². The van der Waals surface area contributed by atoms with Crippen molar-refractivity contribution in [3.8, 4) is 0 Å². The van der Waals surface area contributed by atoms with Crippen LogP contribution in [0.25, 0.3) is 0 Å². The molecule has 1 saturated carbocycles.